The molecule has 2 aromatic carbocycles. The van der Waals surface area contributed by atoms with Crippen molar-refractivity contribution in [2.24, 2.45) is 0 Å². The SMILES string of the molecule is Fc1ccc(CSSSCc2cc(-c3ccccc3)on2)cc1. The summed E-state index contributed by atoms with van der Waals surface area (Å²) in [5.41, 5.74) is 3.09. The number of nitrogens with zero attached hydrogens (tertiary/aromatic N) is 1. The lowest BCUT2D eigenvalue weighted by molar-refractivity contribution is 0.426. The Bertz CT molecular complexity index is 731. The summed E-state index contributed by atoms with van der Waals surface area (Å²) in [5.74, 6) is 2.25. The highest BCUT2D eigenvalue weighted by Gasteiger charge is 2.06. The van der Waals surface area contributed by atoms with Crippen LogP contribution >= 0.6 is 31.4 Å². The molecule has 0 spiro atoms. The van der Waals surface area contributed by atoms with Crippen LogP contribution in [0.1, 0.15) is 11.3 Å². The third-order valence-corrected chi connectivity index (χ3v) is 7.13. The molecule has 0 aliphatic carbocycles. The summed E-state index contributed by atoms with van der Waals surface area (Å²) in [6.07, 6.45) is 0. The molecular weight excluding hydrogens is 349 g/mol. The van der Waals surface area contributed by atoms with Crippen molar-refractivity contribution in [1.82, 2.24) is 5.16 Å². The fourth-order valence-electron chi connectivity index (χ4n) is 1.91. The summed E-state index contributed by atoms with van der Waals surface area (Å²) in [7, 11) is 5.16. The number of rotatable bonds is 7. The Labute approximate surface area is 146 Å². The van der Waals surface area contributed by atoms with Crippen LogP contribution in [0.2, 0.25) is 0 Å². The fraction of sp³-hybridized carbons (Fsp3) is 0.118. The lowest BCUT2D eigenvalue weighted by Crippen LogP contribution is -1.79. The van der Waals surface area contributed by atoms with Crippen LogP contribution in [0.3, 0.4) is 0 Å². The van der Waals surface area contributed by atoms with E-state index in [9.17, 15) is 4.39 Å². The van der Waals surface area contributed by atoms with Crippen molar-refractivity contribution in [3.8, 4) is 11.3 Å². The molecule has 3 aromatic rings. The van der Waals surface area contributed by atoms with Crippen molar-refractivity contribution in [3.05, 3.63) is 77.7 Å². The van der Waals surface area contributed by atoms with Gasteiger partial charge >= 0.3 is 0 Å². The van der Waals surface area contributed by atoms with Crippen LogP contribution in [0.15, 0.2) is 65.2 Å². The Morgan fingerprint density at radius 3 is 2.43 bits per heavy atom. The average Bonchev–Trinajstić information content (AvgIpc) is 3.06. The molecular formula is C17H14FNOS3. The van der Waals surface area contributed by atoms with Crippen LogP contribution in [0.4, 0.5) is 4.39 Å². The van der Waals surface area contributed by atoms with Crippen molar-refractivity contribution in [2.45, 2.75) is 11.5 Å². The van der Waals surface area contributed by atoms with E-state index in [4.69, 9.17) is 4.52 Å². The zero-order chi connectivity index (χ0) is 15.9. The van der Waals surface area contributed by atoms with Crippen LogP contribution in [-0.4, -0.2) is 5.16 Å². The van der Waals surface area contributed by atoms with Crippen molar-refractivity contribution in [2.75, 3.05) is 0 Å². The highest BCUT2D eigenvalue weighted by atomic mass is 33.5. The van der Waals surface area contributed by atoms with Gasteiger partial charge in [0.25, 0.3) is 0 Å². The van der Waals surface area contributed by atoms with Gasteiger partial charge in [-0.1, -0.05) is 69.2 Å². The zero-order valence-corrected chi connectivity index (χ0v) is 14.6. The summed E-state index contributed by atoms with van der Waals surface area (Å²) in [6.45, 7) is 0. The largest absolute Gasteiger partial charge is 0.356 e. The molecule has 0 fully saturated rings. The van der Waals surface area contributed by atoms with Gasteiger partial charge < -0.3 is 4.52 Å². The summed E-state index contributed by atoms with van der Waals surface area (Å²) < 4.78 is 18.2. The Morgan fingerprint density at radius 1 is 0.913 bits per heavy atom. The Balaban J connectivity index is 1.41. The Morgan fingerprint density at radius 2 is 1.65 bits per heavy atom. The third kappa shape index (κ3) is 5.06. The van der Waals surface area contributed by atoms with Crippen LogP contribution in [-0.2, 0) is 11.5 Å². The molecule has 6 heteroatoms. The monoisotopic (exact) mass is 363 g/mol. The van der Waals surface area contributed by atoms with E-state index in [2.05, 4.69) is 5.16 Å². The number of benzene rings is 2. The minimum absolute atomic E-state index is 0.193. The summed E-state index contributed by atoms with van der Waals surface area (Å²) >= 11 is 0. The van der Waals surface area contributed by atoms with Crippen molar-refractivity contribution in [3.63, 3.8) is 0 Å². The smallest absolute Gasteiger partial charge is 0.167 e. The van der Waals surface area contributed by atoms with Crippen LogP contribution in [0, 0.1) is 5.82 Å². The molecule has 0 amide bonds. The molecule has 2 nitrogen and oxygen atoms in total. The van der Waals surface area contributed by atoms with E-state index in [-0.39, 0.29) is 5.82 Å². The topological polar surface area (TPSA) is 26.0 Å². The molecule has 0 bridgehead atoms. The van der Waals surface area contributed by atoms with E-state index >= 15 is 0 Å². The normalized spacial score (nSPS) is 10.8. The second-order valence-electron chi connectivity index (χ2n) is 4.77. The average molecular weight is 364 g/mol. The molecule has 0 saturated carbocycles. The van der Waals surface area contributed by atoms with Crippen LogP contribution in [0.5, 0.6) is 0 Å². The maximum absolute atomic E-state index is 12.8. The number of halogens is 1. The van der Waals surface area contributed by atoms with Gasteiger partial charge in [0.15, 0.2) is 5.76 Å². The van der Waals surface area contributed by atoms with Crippen LogP contribution in [0.25, 0.3) is 11.3 Å². The highest BCUT2D eigenvalue weighted by Crippen LogP contribution is 2.39. The van der Waals surface area contributed by atoms with Crippen molar-refractivity contribution >= 4 is 31.4 Å². The van der Waals surface area contributed by atoms with E-state index in [1.807, 2.05) is 48.5 Å². The first-order valence-electron chi connectivity index (χ1n) is 6.98. The van der Waals surface area contributed by atoms with Gasteiger partial charge in [-0.05, 0) is 27.5 Å². The molecule has 0 N–H and O–H groups in total. The standard InChI is InChI=1S/C17H14FNOS3/c18-15-8-6-13(7-9-15)11-21-23-22-12-16-10-17(20-19-16)14-4-2-1-3-5-14/h1-10H,11-12H2. The lowest BCUT2D eigenvalue weighted by atomic mass is 10.2. The maximum atomic E-state index is 12.8. The molecule has 3 rings (SSSR count). The van der Waals surface area contributed by atoms with Crippen molar-refractivity contribution in [1.29, 1.82) is 0 Å². The lowest BCUT2D eigenvalue weighted by Gasteiger charge is -2.00. The van der Waals surface area contributed by atoms with Gasteiger partial charge in [-0.15, -0.1) is 0 Å². The van der Waals surface area contributed by atoms with Gasteiger partial charge in [-0.25, -0.2) is 4.39 Å². The molecule has 0 atom stereocenters. The van der Waals surface area contributed by atoms with E-state index in [0.29, 0.717) is 0 Å². The molecule has 0 unspecified atom stereocenters. The Hall–Kier alpha value is -1.37. The third-order valence-electron chi connectivity index (χ3n) is 3.06. The number of hydrogen-bond acceptors (Lipinski definition) is 5. The quantitative estimate of drug-likeness (QED) is 0.367. The first-order chi connectivity index (χ1) is 11.3. The second-order valence-corrected chi connectivity index (χ2v) is 9.00. The Kier molecular flexibility index (Phi) is 6.07. The van der Waals surface area contributed by atoms with Gasteiger partial charge in [0.05, 0.1) is 11.4 Å². The number of hydrogen-bond donors (Lipinski definition) is 0. The molecule has 0 saturated heterocycles. The van der Waals surface area contributed by atoms with Gasteiger partial charge in [0.2, 0.25) is 0 Å². The van der Waals surface area contributed by atoms with E-state index < -0.39 is 0 Å². The molecule has 1 heterocycles. The fourth-order valence-corrected chi connectivity index (χ4v) is 5.40. The first-order valence-corrected chi connectivity index (χ1v) is 10.8. The van der Waals surface area contributed by atoms with E-state index in [1.165, 1.54) is 12.1 Å². The molecule has 1 aromatic heterocycles. The van der Waals surface area contributed by atoms with Gasteiger partial charge in [0, 0.05) is 17.4 Å². The predicted octanol–water partition coefficient (Wildman–Crippen LogP) is 6.21. The van der Waals surface area contributed by atoms with Crippen molar-refractivity contribution < 1.29 is 8.91 Å². The molecule has 118 valence electrons. The van der Waals surface area contributed by atoms with Gasteiger partial charge in [-0.2, -0.15) is 0 Å². The summed E-state index contributed by atoms with van der Waals surface area (Å²) in [6, 6.07) is 18.5. The number of aromatic nitrogens is 1. The van der Waals surface area contributed by atoms with E-state index in [1.54, 1.807) is 31.4 Å². The molecule has 0 radical (unpaired) electrons. The highest BCUT2D eigenvalue weighted by molar-refractivity contribution is 9.09. The zero-order valence-electron chi connectivity index (χ0n) is 12.1. The minimum atomic E-state index is -0.193. The van der Waals surface area contributed by atoms with E-state index in [0.717, 1.165) is 34.1 Å². The minimum Gasteiger partial charge on any atom is -0.356 e. The summed E-state index contributed by atoms with van der Waals surface area (Å²) in [4.78, 5) is 0. The van der Waals surface area contributed by atoms with Gasteiger partial charge in [-0.3, -0.25) is 0 Å². The first kappa shape index (κ1) is 16.5. The maximum Gasteiger partial charge on any atom is 0.167 e. The second kappa shape index (κ2) is 8.47. The molecule has 0 aliphatic heterocycles. The van der Waals surface area contributed by atoms with Gasteiger partial charge in [0.1, 0.15) is 5.82 Å². The van der Waals surface area contributed by atoms with Crippen LogP contribution < -0.4 is 0 Å². The molecule has 0 aliphatic rings. The predicted molar refractivity (Wildman–Crippen MR) is 98.5 cm³/mol. The summed E-state index contributed by atoms with van der Waals surface area (Å²) in [5, 5.41) is 4.10. The molecule has 23 heavy (non-hydrogen) atoms.